The molecule has 5 heteroatoms. The molecule has 0 spiro atoms. The van der Waals surface area contributed by atoms with Crippen LogP contribution in [-0.4, -0.2) is 49.6 Å². The third-order valence-corrected chi connectivity index (χ3v) is 3.61. The van der Waals surface area contributed by atoms with Gasteiger partial charge in [0.2, 0.25) is 5.91 Å². The highest BCUT2D eigenvalue weighted by Crippen LogP contribution is 2.17. The Labute approximate surface area is 133 Å². The van der Waals surface area contributed by atoms with Crippen molar-refractivity contribution < 1.29 is 4.79 Å². The fourth-order valence-electron chi connectivity index (χ4n) is 2.65. The molecule has 1 fully saturated rings. The number of benzene rings is 1. The van der Waals surface area contributed by atoms with E-state index >= 15 is 0 Å². The molecule has 1 N–H and O–H groups in total. The van der Waals surface area contributed by atoms with Gasteiger partial charge in [-0.1, -0.05) is 18.2 Å². The number of hydrogen-bond donors (Lipinski definition) is 1. The molecule has 0 atom stereocenters. The van der Waals surface area contributed by atoms with E-state index in [9.17, 15) is 4.79 Å². The van der Waals surface area contributed by atoms with Crippen molar-refractivity contribution >= 4 is 24.0 Å². The summed E-state index contributed by atoms with van der Waals surface area (Å²) in [5.74, 6) is 0.188. The van der Waals surface area contributed by atoms with Crippen molar-refractivity contribution in [2.45, 2.75) is 26.3 Å². The van der Waals surface area contributed by atoms with E-state index in [2.05, 4.69) is 24.1 Å². The molecule has 1 aromatic carbocycles. The van der Waals surface area contributed by atoms with Gasteiger partial charge in [0.15, 0.2) is 0 Å². The van der Waals surface area contributed by atoms with Crippen LogP contribution in [0.3, 0.4) is 0 Å². The first-order valence-electron chi connectivity index (χ1n) is 7.48. The molecular formula is C16H26ClN3O. The molecule has 1 aromatic rings. The number of para-hydroxylation sites is 1. The molecule has 0 bridgehead atoms. The highest BCUT2D eigenvalue weighted by molar-refractivity contribution is 5.95. The molecule has 21 heavy (non-hydrogen) atoms. The number of halogens is 1. The number of nitrogens with one attached hydrogen (secondary N) is 1. The Balaban J connectivity index is 0.00000220. The Morgan fingerprint density at radius 1 is 1.24 bits per heavy atom. The quantitative estimate of drug-likeness (QED) is 0.925. The standard InChI is InChI=1S/C16H25N3O.ClH/c1-14(2)19(15-7-4-3-5-8-15)16(20)13-18-11-6-9-17-10-12-18;/h3-5,7-8,14,17H,6,9-13H2,1-2H3;1H. The van der Waals surface area contributed by atoms with E-state index in [1.807, 2.05) is 35.2 Å². The molecule has 0 unspecified atom stereocenters. The first kappa shape index (κ1) is 18.0. The van der Waals surface area contributed by atoms with Gasteiger partial charge in [-0.2, -0.15) is 0 Å². The van der Waals surface area contributed by atoms with Crippen molar-refractivity contribution in [2.75, 3.05) is 37.6 Å². The number of carbonyl (C=O) groups excluding carboxylic acids is 1. The molecule has 1 saturated heterocycles. The van der Waals surface area contributed by atoms with E-state index in [-0.39, 0.29) is 24.4 Å². The molecule has 118 valence electrons. The number of nitrogens with zero attached hydrogens (tertiary/aromatic N) is 2. The zero-order valence-electron chi connectivity index (χ0n) is 12.9. The van der Waals surface area contributed by atoms with Gasteiger partial charge in [-0.25, -0.2) is 0 Å². The molecule has 0 saturated carbocycles. The maximum Gasteiger partial charge on any atom is 0.241 e. The summed E-state index contributed by atoms with van der Waals surface area (Å²) in [4.78, 5) is 16.8. The average molecular weight is 312 g/mol. The largest absolute Gasteiger partial charge is 0.315 e. The molecule has 4 nitrogen and oxygen atoms in total. The molecule has 0 radical (unpaired) electrons. The van der Waals surface area contributed by atoms with Gasteiger partial charge in [0.05, 0.1) is 6.54 Å². The van der Waals surface area contributed by atoms with Crippen LogP contribution in [0.15, 0.2) is 30.3 Å². The summed E-state index contributed by atoms with van der Waals surface area (Å²) in [5.41, 5.74) is 0.987. The van der Waals surface area contributed by atoms with Crippen LogP contribution in [-0.2, 0) is 4.79 Å². The van der Waals surface area contributed by atoms with E-state index in [1.165, 1.54) is 0 Å². The van der Waals surface area contributed by atoms with Crippen molar-refractivity contribution in [2.24, 2.45) is 0 Å². The van der Waals surface area contributed by atoms with Crippen LogP contribution >= 0.6 is 12.4 Å². The minimum Gasteiger partial charge on any atom is -0.315 e. The monoisotopic (exact) mass is 311 g/mol. The zero-order chi connectivity index (χ0) is 14.4. The van der Waals surface area contributed by atoms with E-state index < -0.39 is 0 Å². The van der Waals surface area contributed by atoms with Gasteiger partial charge in [0.1, 0.15) is 0 Å². The van der Waals surface area contributed by atoms with E-state index in [0.717, 1.165) is 38.3 Å². The van der Waals surface area contributed by atoms with Gasteiger partial charge in [0.25, 0.3) is 0 Å². The van der Waals surface area contributed by atoms with Crippen LogP contribution in [0, 0.1) is 0 Å². The maximum atomic E-state index is 12.6. The first-order valence-corrected chi connectivity index (χ1v) is 7.48. The van der Waals surface area contributed by atoms with Gasteiger partial charge >= 0.3 is 0 Å². The van der Waals surface area contributed by atoms with Crippen LogP contribution in [0.4, 0.5) is 5.69 Å². The summed E-state index contributed by atoms with van der Waals surface area (Å²) in [6.45, 7) is 8.61. The van der Waals surface area contributed by atoms with Crippen molar-refractivity contribution in [1.29, 1.82) is 0 Å². The average Bonchev–Trinajstić information content (AvgIpc) is 2.68. The lowest BCUT2D eigenvalue weighted by molar-refractivity contribution is -0.120. The van der Waals surface area contributed by atoms with Gasteiger partial charge in [-0.3, -0.25) is 9.69 Å². The van der Waals surface area contributed by atoms with Crippen molar-refractivity contribution in [1.82, 2.24) is 10.2 Å². The zero-order valence-corrected chi connectivity index (χ0v) is 13.7. The minimum absolute atomic E-state index is 0. The number of anilines is 1. The van der Waals surface area contributed by atoms with Crippen molar-refractivity contribution in [3.05, 3.63) is 30.3 Å². The highest BCUT2D eigenvalue weighted by atomic mass is 35.5. The van der Waals surface area contributed by atoms with Crippen LogP contribution in [0.2, 0.25) is 0 Å². The van der Waals surface area contributed by atoms with E-state index in [1.54, 1.807) is 0 Å². The van der Waals surface area contributed by atoms with Crippen molar-refractivity contribution in [3.63, 3.8) is 0 Å². The topological polar surface area (TPSA) is 35.6 Å². The van der Waals surface area contributed by atoms with Gasteiger partial charge < -0.3 is 10.2 Å². The summed E-state index contributed by atoms with van der Waals surface area (Å²) in [6, 6.07) is 10.1. The SMILES string of the molecule is CC(C)N(C(=O)CN1CCCNCC1)c1ccccc1.Cl. The van der Waals surface area contributed by atoms with E-state index in [4.69, 9.17) is 0 Å². The van der Waals surface area contributed by atoms with Gasteiger partial charge in [-0.15, -0.1) is 12.4 Å². The van der Waals surface area contributed by atoms with Crippen LogP contribution in [0.5, 0.6) is 0 Å². The number of carbonyl (C=O) groups is 1. The predicted octanol–water partition coefficient (Wildman–Crippen LogP) is 2.15. The Morgan fingerprint density at radius 2 is 1.95 bits per heavy atom. The Kier molecular flexibility index (Phi) is 7.72. The summed E-state index contributed by atoms with van der Waals surface area (Å²) >= 11 is 0. The maximum absolute atomic E-state index is 12.6. The minimum atomic E-state index is 0. The lowest BCUT2D eigenvalue weighted by Gasteiger charge is -2.29. The third kappa shape index (κ3) is 5.30. The summed E-state index contributed by atoms with van der Waals surface area (Å²) in [6.07, 6.45) is 1.11. The van der Waals surface area contributed by atoms with Gasteiger partial charge in [-0.05, 0) is 45.5 Å². The molecule has 2 rings (SSSR count). The Morgan fingerprint density at radius 3 is 2.62 bits per heavy atom. The number of rotatable bonds is 4. The summed E-state index contributed by atoms with van der Waals surface area (Å²) in [7, 11) is 0. The molecule has 1 amide bonds. The predicted molar refractivity (Wildman–Crippen MR) is 90.2 cm³/mol. The molecular weight excluding hydrogens is 286 g/mol. The third-order valence-electron chi connectivity index (χ3n) is 3.61. The second-order valence-corrected chi connectivity index (χ2v) is 5.57. The Bertz CT molecular complexity index is 417. The number of amides is 1. The van der Waals surface area contributed by atoms with Crippen LogP contribution in [0.1, 0.15) is 20.3 Å². The first-order chi connectivity index (χ1) is 9.68. The lowest BCUT2D eigenvalue weighted by atomic mass is 10.2. The second kappa shape index (κ2) is 9.03. The second-order valence-electron chi connectivity index (χ2n) is 5.57. The van der Waals surface area contributed by atoms with Gasteiger partial charge in [0, 0.05) is 24.8 Å². The van der Waals surface area contributed by atoms with Crippen molar-refractivity contribution in [3.8, 4) is 0 Å². The lowest BCUT2D eigenvalue weighted by Crippen LogP contribution is -2.44. The molecule has 0 aromatic heterocycles. The van der Waals surface area contributed by atoms with Crippen LogP contribution in [0.25, 0.3) is 0 Å². The molecule has 1 heterocycles. The number of hydrogen-bond acceptors (Lipinski definition) is 3. The fourth-order valence-corrected chi connectivity index (χ4v) is 2.65. The smallest absolute Gasteiger partial charge is 0.241 e. The molecule has 1 aliphatic heterocycles. The highest BCUT2D eigenvalue weighted by Gasteiger charge is 2.21. The normalized spacial score (nSPS) is 16.1. The van der Waals surface area contributed by atoms with Crippen LogP contribution < -0.4 is 10.2 Å². The van der Waals surface area contributed by atoms with E-state index in [0.29, 0.717) is 6.54 Å². The summed E-state index contributed by atoms with van der Waals surface area (Å²) < 4.78 is 0. The Hall–Kier alpha value is -1.10. The summed E-state index contributed by atoms with van der Waals surface area (Å²) in [5, 5.41) is 3.37. The molecule has 0 aliphatic carbocycles. The molecule has 1 aliphatic rings. The fraction of sp³-hybridized carbons (Fsp3) is 0.562.